The molecule has 2 aliphatic heterocycles. The normalized spacial score (nSPS) is 25.1. The van der Waals surface area contributed by atoms with Gasteiger partial charge in [-0.25, -0.2) is 4.79 Å². The third-order valence-corrected chi connectivity index (χ3v) is 5.63. The molecule has 1 aromatic rings. The van der Waals surface area contributed by atoms with Gasteiger partial charge < -0.3 is 19.5 Å². The van der Waals surface area contributed by atoms with E-state index < -0.39 is 0 Å². The Morgan fingerprint density at radius 2 is 1.76 bits per heavy atom. The molecule has 6 heteroatoms. The second-order valence-electron chi connectivity index (χ2n) is 8.33. The average molecular weight is 344 g/mol. The summed E-state index contributed by atoms with van der Waals surface area (Å²) >= 11 is 0. The summed E-state index contributed by atoms with van der Waals surface area (Å²) in [5.41, 5.74) is 1.05. The van der Waals surface area contributed by atoms with Gasteiger partial charge in [-0.05, 0) is 64.1 Å². The van der Waals surface area contributed by atoms with Crippen LogP contribution in [0.4, 0.5) is 10.5 Å². The van der Waals surface area contributed by atoms with Gasteiger partial charge in [0, 0.05) is 18.8 Å². The number of nitrogens with zero attached hydrogens (tertiary/aromatic N) is 1. The first-order valence-electron chi connectivity index (χ1n) is 9.19. The second kappa shape index (κ2) is 6.65. The lowest BCUT2D eigenvalue weighted by molar-refractivity contribution is 0.00578. The molecule has 2 aliphatic rings. The van der Waals surface area contributed by atoms with Crippen molar-refractivity contribution in [3.8, 4) is 0 Å². The number of urea groups is 1. The maximum atomic E-state index is 12.4. The Bertz CT molecular complexity index is 614. The molecule has 1 unspecified atom stereocenters. The summed E-state index contributed by atoms with van der Waals surface area (Å²) in [6.07, 6.45) is 2.28. The van der Waals surface area contributed by atoms with Gasteiger partial charge >= 0.3 is 13.1 Å². The topological polar surface area (TPSA) is 50.8 Å². The summed E-state index contributed by atoms with van der Waals surface area (Å²) < 4.78 is 12.1. The fourth-order valence-corrected chi connectivity index (χ4v) is 3.28. The minimum absolute atomic E-state index is 0.0186. The number of piperidine rings is 1. The Morgan fingerprint density at radius 1 is 1.16 bits per heavy atom. The van der Waals surface area contributed by atoms with E-state index in [1.54, 1.807) is 0 Å². The maximum Gasteiger partial charge on any atom is 0.494 e. The van der Waals surface area contributed by atoms with Gasteiger partial charge in [0.2, 0.25) is 0 Å². The average Bonchev–Trinajstić information content (AvgIpc) is 2.76. The van der Waals surface area contributed by atoms with Crippen LogP contribution in [0.15, 0.2) is 24.3 Å². The standard InChI is InChI=1S/C19H29BN2O3/c1-14-7-6-12-22(13-14)17(23)21-16-10-8-15(9-11-16)20-24-18(2,3)19(4,5)25-20/h8-11,14H,6-7,12-13H2,1-5H3,(H,21,23). The van der Waals surface area contributed by atoms with Crippen LogP contribution in [0.1, 0.15) is 47.5 Å². The van der Waals surface area contributed by atoms with Gasteiger partial charge in [-0.3, -0.25) is 0 Å². The summed E-state index contributed by atoms with van der Waals surface area (Å²) in [4.78, 5) is 14.3. The summed E-state index contributed by atoms with van der Waals surface area (Å²) in [5.74, 6) is 0.574. The summed E-state index contributed by atoms with van der Waals surface area (Å²) in [7, 11) is -0.377. The zero-order valence-electron chi connectivity index (χ0n) is 16.0. The lowest BCUT2D eigenvalue weighted by Gasteiger charge is -2.32. The van der Waals surface area contributed by atoms with Gasteiger partial charge in [0.25, 0.3) is 0 Å². The molecule has 0 spiro atoms. The number of likely N-dealkylation sites (tertiary alicyclic amines) is 1. The van der Waals surface area contributed by atoms with Crippen LogP contribution in [0.3, 0.4) is 0 Å². The van der Waals surface area contributed by atoms with Crippen molar-refractivity contribution in [2.45, 2.75) is 58.7 Å². The molecule has 5 nitrogen and oxygen atoms in total. The molecular weight excluding hydrogens is 315 g/mol. The molecule has 25 heavy (non-hydrogen) atoms. The van der Waals surface area contributed by atoms with E-state index in [9.17, 15) is 4.79 Å². The molecule has 0 bridgehead atoms. The molecule has 2 heterocycles. The summed E-state index contributed by atoms with van der Waals surface area (Å²) in [6.45, 7) is 12.0. The van der Waals surface area contributed by atoms with Gasteiger partial charge in [-0.1, -0.05) is 19.1 Å². The van der Waals surface area contributed by atoms with Crippen molar-refractivity contribution in [3.05, 3.63) is 24.3 Å². The zero-order valence-corrected chi connectivity index (χ0v) is 16.0. The van der Waals surface area contributed by atoms with Crippen molar-refractivity contribution < 1.29 is 14.1 Å². The van der Waals surface area contributed by atoms with E-state index in [1.807, 2.05) is 56.9 Å². The van der Waals surface area contributed by atoms with E-state index in [0.717, 1.165) is 30.7 Å². The van der Waals surface area contributed by atoms with Crippen molar-refractivity contribution in [1.29, 1.82) is 0 Å². The summed E-state index contributed by atoms with van der Waals surface area (Å²) in [6, 6.07) is 7.71. The van der Waals surface area contributed by atoms with Crippen LogP contribution in [0.5, 0.6) is 0 Å². The van der Waals surface area contributed by atoms with E-state index >= 15 is 0 Å². The van der Waals surface area contributed by atoms with Crippen LogP contribution >= 0.6 is 0 Å². The number of anilines is 1. The van der Waals surface area contributed by atoms with Gasteiger partial charge in [-0.15, -0.1) is 0 Å². The van der Waals surface area contributed by atoms with E-state index in [4.69, 9.17) is 9.31 Å². The van der Waals surface area contributed by atoms with Crippen LogP contribution in [0.25, 0.3) is 0 Å². The number of nitrogens with one attached hydrogen (secondary N) is 1. The lowest BCUT2D eigenvalue weighted by atomic mass is 9.79. The van der Waals surface area contributed by atoms with Crippen LogP contribution in [0, 0.1) is 5.92 Å². The number of benzene rings is 1. The van der Waals surface area contributed by atoms with Crippen molar-refractivity contribution in [3.63, 3.8) is 0 Å². The number of carbonyl (C=O) groups is 1. The van der Waals surface area contributed by atoms with Crippen molar-refractivity contribution in [1.82, 2.24) is 4.90 Å². The van der Waals surface area contributed by atoms with Crippen molar-refractivity contribution in [2.75, 3.05) is 18.4 Å². The number of hydrogen-bond acceptors (Lipinski definition) is 3. The van der Waals surface area contributed by atoms with Gasteiger partial charge in [0.1, 0.15) is 0 Å². The van der Waals surface area contributed by atoms with Crippen LogP contribution in [-0.2, 0) is 9.31 Å². The Balaban J connectivity index is 1.62. The fourth-order valence-electron chi connectivity index (χ4n) is 3.28. The first-order valence-corrected chi connectivity index (χ1v) is 9.19. The molecule has 1 aromatic carbocycles. The Kier molecular flexibility index (Phi) is 4.86. The molecule has 1 atom stereocenters. The predicted octanol–water partition coefficient (Wildman–Crippen LogP) is 3.25. The Hall–Kier alpha value is -1.53. The SMILES string of the molecule is CC1CCCN(C(=O)Nc2ccc(B3OC(C)(C)C(C)(C)O3)cc2)C1. The highest BCUT2D eigenvalue weighted by molar-refractivity contribution is 6.62. The van der Waals surface area contributed by atoms with Gasteiger partial charge in [0.05, 0.1) is 11.2 Å². The minimum atomic E-state index is -0.377. The highest BCUT2D eigenvalue weighted by atomic mass is 16.7. The predicted molar refractivity (Wildman–Crippen MR) is 101 cm³/mol. The van der Waals surface area contributed by atoms with Crippen LogP contribution in [-0.4, -0.2) is 42.3 Å². The zero-order chi connectivity index (χ0) is 18.2. The van der Waals surface area contributed by atoms with E-state index in [1.165, 1.54) is 6.42 Å². The number of amides is 2. The molecule has 0 saturated carbocycles. The van der Waals surface area contributed by atoms with Crippen LogP contribution < -0.4 is 10.8 Å². The van der Waals surface area contributed by atoms with Gasteiger partial charge in [-0.2, -0.15) is 0 Å². The lowest BCUT2D eigenvalue weighted by Crippen LogP contribution is -2.41. The molecule has 0 radical (unpaired) electrons. The molecule has 2 saturated heterocycles. The van der Waals surface area contributed by atoms with Crippen LogP contribution in [0.2, 0.25) is 0 Å². The van der Waals surface area contributed by atoms with E-state index in [2.05, 4.69) is 12.2 Å². The number of carbonyl (C=O) groups excluding carboxylic acids is 1. The largest absolute Gasteiger partial charge is 0.494 e. The van der Waals surface area contributed by atoms with E-state index in [0.29, 0.717) is 5.92 Å². The second-order valence-corrected chi connectivity index (χ2v) is 8.33. The number of hydrogen-bond donors (Lipinski definition) is 1. The number of rotatable bonds is 2. The molecule has 3 rings (SSSR count). The maximum absolute atomic E-state index is 12.4. The van der Waals surface area contributed by atoms with E-state index in [-0.39, 0.29) is 24.4 Å². The highest BCUT2D eigenvalue weighted by Crippen LogP contribution is 2.36. The minimum Gasteiger partial charge on any atom is -0.399 e. The molecule has 0 aromatic heterocycles. The van der Waals surface area contributed by atoms with Crippen molar-refractivity contribution >= 4 is 24.3 Å². The molecule has 0 aliphatic carbocycles. The Labute approximate surface area is 151 Å². The molecule has 1 N–H and O–H groups in total. The molecule has 136 valence electrons. The quantitative estimate of drug-likeness (QED) is 0.838. The third-order valence-electron chi connectivity index (χ3n) is 5.63. The first kappa shape index (κ1) is 18.3. The first-order chi connectivity index (χ1) is 11.7. The third kappa shape index (κ3) is 3.85. The smallest absolute Gasteiger partial charge is 0.399 e. The highest BCUT2D eigenvalue weighted by Gasteiger charge is 2.51. The summed E-state index contributed by atoms with van der Waals surface area (Å²) in [5, 5.41) is 2.99. The Morgan fingerprint density at radius 3 is 2.32 bits per heavy atom. The van der Waals surface area contributed by atoms with Crippen molar-refractivity contribution in [2.24, 2.45) is 5.92 Å². The monoisotopic (exact) mass is 344 g/mol. The fraction of sp³-hybridized carbons (Fsp3) is 0.632. The van der Waals surface area contributed by atoms with Gasteiger partial charge in [0.15, 0.2) is 0 Å². The molecular formula is C19H29BN2O3. The molecule has 2 amide bonds. The molecule has 2 fully saturated rings.